The van der Waals surface area contributed by atoms with Gasteiger partial charge in [0.2, 0.25) is 0 Å². The van der Waals surface area contributed by atoms with Gasteiger partial charge in [0, 0.05) is 12.6 Å². The Kier molecular flexibility index (Phi) is 4.37. The van der Waals surface area contributed by atoms with Crippen LogP contribution in [0.15, 0.2) is 48.5 Å². The van der Waals surface area contributed by atoms with E-state index in [1.165, 1.54) is 22.3 Å². The largest absolute Gasteiger partial charge is 0.371 e. The minimum Gasteiger partial charge on any atom is -0.371 e. The van der Waals surface area contributed by atoms with Crippen molar-refractivity contribution >= 4 is 0 Å². The van der Waals surface area contributed by atoms with Gasteiger partial charge in [-0.25, -0.2) is 0 Å². The van der Waals surface area contributed by atoms with Gasteiger partial charge in [0.05, 0.1) is 12.7 Å². The van der Waals surface area contributed by atoms with E-state index in [1.807, 2.05) is 0 Å². The fraction of sp³-hybridized carbons (Fsp3) is 0.368. The van der Waals surface area contributed by atoms with Crippen LogP contribution in [0, 0.1) is 13.8 Å². The van der Waals surface area contributed by atoms with Gasteiger partial charge in [-0.05, 0) is 42.5 Å². The minimum atomic E-state index is 0.177. The number of rotatable bonds is 3. The molecule has 1 heterocycles. The van der Waals surface area contributed by atoms with Crippen molar-refractivity contribution in [3.8, 4) is 0 Å². The van der Waals surface area contributed by atoms with Crippen LogP contribution in [0.2, 0.25) is 0 Å². The second kappa shape index (κ2) is 6.42. The Balaban J connectivity index is 1.58. The summed E-state index contributed by atoms with van der Waals surface area (Å²) in [6.07, 6.45) is 1.21. The summed E-state index contributed by atoms with van der Waals surface area (Å²) in [4.78, 5) is 0. The van der Waals surface area contributed by atoms with Gasteiger partial charge in [-0.15, -0.1) is 0 Å². The predicted molar refractivity (Wildman–Crippen MR) is 86.5 cm³/mol. The topological polar surface area (TPSA) is 21.3 Å². The molecule has 1 aliphatic heterocycles. The first-order valence-electron chi connectivity index (χ1n) is 7.68. The monoisotopic (exact) mass is 281 g/mol. The summed E-state index contributed by atoms with van der Waals surface area (Å²) in [5.74, 6) is 0. The Bertz CT molecular complexity index is 586. The first-order valence-corrected chi connectivity index (χ1v) is 7.68. The van der Waals surface area contributed by atoms with Crippen molar-refractivity contribution in [1.29, 1.82) is 0 Å². The van der Waals surface area contributed by atoms with Crippen LogP contribution in [0.4, 0.5) is 0 Å². The molecule has 3 rings (SSSR count). The van der Waals surface area contributed by atoms with Crippen LogP contribution in [0.3, 0.4) is 0 Å². The molecule has 2 heteroatoms. The average molecular weight is 281 g/mol. The third-order valence-electron chi connectivity index (χ3n) is 4.32. The van der Waals surface area contributed by atoms with E-state index in [4.69, 9.17) is 4.74 Å². The first-order chi connectivity index (χ1) is 10.2. The normalized spacial score (nSPS) is 22.2. The Morgan fingerprint density at radius 2 is 1.86 bits per heavy atom. The van der Waals surface area contributed by atoms with Crippen molar-refractivity contribution in [1.82, 2.24) is 5.32 Å². The summed E-state index contributed by atoms with van der Waals surface area (Å²) in [6.45, 7) is 5.97. The molecule has 1 aliphatic rings. The van der Waals surface area contributed by atoms with Crippen molar-refractivity contribution in [3.63, 3.8) is 0 Å². The van der Waals surface area contributed by atoms with Gasteiger partial charge < -0.3 is 10.1 Å². The molecule has 2 aromatic rings. The van der Waals surface area contributed by atoms with Gasteiger partial charge in [0.1, 0.15) is 0 Å². The fourth-order valence-corrected chi connectivity index (χ4v) is 2.83. The maximum absolute atomic E-state index is 6.08. The summed E-state index contributed by atoms with van der Waals surface area (Å²) in [7, 11) is 0. The highest BCUT2D eigenvalue weighted by Crippen LogP contribution is 2.23. The zero-order chi connectivity index (χ0) is 14.7. The van der Waals surface area contributed by atoms with Crippen LogP contribution in [0.1, 0.15) is 28.4 Å². The molecule has 0 saturated carbocycles. The smallest absolute Gasteiger partial charge is 0.0950 e. The lowest BCUT2D eigenvalue weighted by Gasteiger charge is -2.31. The minimum absolute atomic E-state index is 0.177. The molecule has 2 atom stereocenters. The maximum atomic E-state index is 6.08. The molecule has 1 N–H and O–H groups in total. The molecule has 2 aromatic carbocycles. The Labute approximate surface area is 127 Å². The molecular weight excluding hydrogens is 258 g/mol. The predicted octanol–water partition coefficient (Wildman–Crippen LogP) is 3.58. The standard InChI is InChI=1S/C19H23NO/c1-14-8-9-17(10-15(14)2)19-12-20-18(13-21-19)11-16-6-4-3-5-7-16/h3-10,18-20H,11-13H2,1-2H3. The third-order valence-corrected chi connectivity index (χ3v) is 4.32. The SMILES string of the molecule is Cc1ccc(C2CNC(Cc3ccccc3)CO2)cc1C. The fourth-order valence-electron chi connectivity index (χ4n) is 2.83. The molecule has 0 aliphatic carbocycles. The number of morpholine rings is 1. The van der Waals surface area contributed by atoms with Crippen LogP contribution in [0.25, 0.3) is 0 Å². The summed E-state index contributed by atoms with van der Waals surface area (Å²) in [6, 6.07) is 17.6. The van der Waals surface area contributed by atoms with Crippen molar-refractivity contribution in [2.45, 2.75) is 32.4 Å². The van der Waals surface area contributed by atoms with Crippen LogP contribution < -0.4 is 5.32 Å². The highest BCUT2D eigenvalue weighted by Gasteiger charge is 2.22. The lowest BCUT2D eigenvalue weighted by atomic mass is 10.00. The van der Waals surface area contributed by atoms with Crippen LogP contribution in [0.5, 0.6) is 0 Å². The van der Waals surface area contributed by atoms with Crippen molar-refractivity contribution in [3.05, 3.63) is 70.8 Å². The van der Waals surface area contributed by atoms with Crippen LogP contribution in [-0.2, 0) is 11.2 Å². The molecule has 0 aromatic heterocycles. The molecule has 110 valence electrons. The summed E-state index contributed by atoms with van der Waals surface area (Å²) in [5, 5.41) is 3.63. The molecular formula is C19H23NO. The average Bonchev–Trinajstić information content (AvgIpc) is 2.52. The number of nitrogens with one attached hydrogen (secondary N) is 1. The van der Waals surface area contributed by atoms with Gasteiger partial charge in [-0.2, -0.15) is 0 Å². The third kappa shape index (κ3) is 3.52. The zero-order valence-electron chi connectivity index (χ0n) is 12.8. The van der Waals surface area contributed by atoms with Gasteiger partial charge in [0.15, 0.2) is 0 Å². The van der Waals surface area contributed by atoms with Gasteiger partial charge in [-0.1, -0.05) is 48.5 Å². The number of aryl methyl sites for hydroxylation is 2. The number of hydrogen-bond donors (Lipinski definition) is 1. The van der Waals surface area contributed by atoms with Crippen molar-refractivity contribution in [2.75, 3.05) is 13.2 Å². The molecule has 0 bridgehead atoms. The summed E-state index contributed by atoms with van der Waals surface area (Å²) < 4.78 is 6.08. The molecule has 21 heavy (non-hydrogen) atoms. The maximum Gasteiger partial charge on any atom is 0.0950 e. The molecule has 1 fully saturated rings. The van der Waals surface area contributed by atoms with Crippen molar-refractivity contribution in [2.24, 2.45) is 0 Å². The van der Waals surface area contributed by atoms with Crippen LogP contribution in [-0.4, -0.2) is 19.2 Å². The van der Waals surface area contributed by atoms with E-state index in [-0.39, 0.29) is 6.10 Å². The van der Waals surface area contributed by atoms with E-state index in [1.54, 1.807) is 0 Å². The quantitative estimate of drug-likeness (QED) is 0.928. The van der Waals surface area contributed by atoms with E-state index < -0.39 is 0 Å². The Morgan fingerprint density at radius 1 is 1.05 bits per heavy atom. The van der Waals surface area contributed by atoms with E-state index in [2.05, 4.69) is 67.7 Å². The van der Waals surface area contributed by atoms with Crippen molar-refractivity contribution < 1.29 is 4.74 Å². The van der Waals surface area contributed by atoms with E-state index >= 15 is 0 Å². The lowest BCUT2D eigenvalue weighted by Crippen LogP contribution is -2.44. The molecule has 0 radical (unpaired) electrons. The van der Waals surface area contributed by atoms with E-state index in [0.717, 1.165) is 19.6 Å². The number of benzene rings is 2. The Hall–Kier alpha value is -1.64. The summed E-state index contributed by atoms with van der Waals surface area (Å²) >= 11 is 0. The molecule has 2 nitrogen and oxygen atoms in total. The number of ether oxygens (including phenoxy) is 1. The van der Waals surface area contributed by atoms with Gasteiger partial charge in [0.25, 0.3) is 0 Å². The van der Waals surface area contributed by atoms with E-state index in [9.17, 15) is 0 Å². The molecule has 0 amide bonds. The lowest BCUT2D eigenvalue weighted by molar-refractivity contribution is 0.00304. The molecule has 2 unspecified atom stereocenters. The van der Waals surface area contributed by atoms with Crippen LogP contribution >= 0.6 is 0 Å². The summed E-state index contributed by atoms with van der Waals surface area (Å²) in [5.41, 5.74) is 5.32. The second-order valence-corrected chi connectivity index (χ2v) is 5.96. The molecule has 0 spiro atoms. The van der Waals surface area contributed by atoms with Gasteiger partial charge in [-0.3, -0.25) is 0 Å². The van der Waals surface area contributed by atoms with E-state index in [0.29, 0.717) is 6.04 Å². The Morgan fingerprint density at radius 3 is 2.52 bits per heavy atom. The highest BCUT2D eigenvalue weighted by atomic mass is 16.5. The zero-order valence-corrected chi connectivity index (χ0v) is 12.8. The second-order valence-electron chi connectivity index (χ2n) is 5.96. The highest BCUT2D eigenvalue weighted by molar-refractivity contribution is 5.31. The first kappa shape index (κ1) is 14.3. The van der Waals surface area contributed by atoms with Gasteiger partial charge >= 0.3 is 0 Å². The number of hydrogen-bond acceptors (Lipinski definition) is 2. The molecule has 1 saturated heterocycles.